The van der Waals surface area contributed by atoms with Gasteiger partial charge in [0.25, 0.3) is 0 Å². The molecule has 2 aromatic heterocycles. The van der Waals surface area contributed by atoms with Crippen LogP contribution in [0.3, 0.4) is 0 Å². The zero-order valence-corrected chi connectivity index (χ0v) is 19.6. The molecular weight excluding hydrogens is 442 g/mol. The Balaban J connectivity index is 1.81. The Morgan fingerprint density at radius 3 is 2.40 bits per heavy atom. The van der Waals surface area contributed by atoms with Crippen molar-refractivity contribution in [3.8, 4) is 11.4 Å². The van der Waals surface area contributed by atoms with Gasteiger partial charge in [-0.25, -0.2) is 9.78 Å². The summed E-state index contributed by atoms with van der Waals surface area (Å²) < 4.78 is 15.1. The number of pyridine rings is 1. The number of aromatic nitrogens is 3. The Bertz CT molecular complexity index is 1570. The minimum absolute atomic E-state index is 0.0151. The molecule has 0 N–H and O–H groups in total. The molecule has 2 heterocycles. The number of imidazole rings is 1. The molecule has 3 aromatic carbocycles. The molecule has 0 bridgehead atoms. The number of esters is 1. The first kappa shape index (κ1) is 22.4. The SMILES string of the molecule is CCOC(=O)c1cn(CC)c2c(COc3ccccc3)c3ncn(-c4ccccc4)c3cc2c1=O. The number of benzene rings is 3. The summed E-state index contributed by atoms with van der Waals surface area (Å²) in [6, 6.07) is 21.1. The molecule has 0 atom stereocenters. The van der Waals surface area contributed by atoms with Gasteiger partial charge in [-0.05, 0) is 44.2 Å². The van der Waals surface area contributed by atoms with Crippen LogP contribution in [-0.2, 0) is 17.9 Å². The van der Waals surface area contributed by atoms with Gasteiger partial charge in [0.2, 0.25) is 5.43 Å². The summed E-state index contributed by atoms with van der Waals surface area (Å²) in [5.74, 6) is 0.0917. The van der Waals surface area contributed by atoms with Gasteiger partial charge in [0, 0.05) is 29.4 Å². The van der Waals surface area contributed by atoms with Crippen LogP contribution in [0, 0.1) is 0 Å². The van der Waals surface area contributed by atoms with Crippen molar-refractivity contribution < 1.29 is 14.3 Å². The molecule has 0 spiro atoms. The average Bonchev–Trinajstić information content (AvgIpc) is 3.32. The molecule has 5 aromatic rings. The van der Waals surface area contributed by atoms with Gasteiger partial charge >= 0.3 is 5.97 Å². The molecular formula is C28H25N3O4. The van der Waals surface area contributed by atoms with E-state index >= 15 is 0 Å². The van der Waals surface area contributed by atoms with Crippen molar-refractivity contribution in [1.29, 1.82) is 0 Å². The van der Waals surface area contributed by atoms with E-state index in [4.69, 9.17) is 14.5 Å². The molecule has 176 valence electrons. The van der Waals surface area contributed by atoms with Crippen molar-refractivity contribution in [1.82, 2.24) is 14.1 Å². The van der Waals surface area contributed by atoms with Crippen molar-refractivity contribution in [3.63, 3.8) is 0 Å². The zero-order chi connectivity index (χ0) is 24.4. The van der Waals surface area contributed by atoms with Crippen molar-refractivity contribution >= 4 is 27.9 Å². The van der Waals surface area contributed by atoms with E-state index in [0.717, 1.165) is 22.3 Å². The van der Waals surface area contributed by atoms with Crippen LogP contribution in [0.4, 0.5) is 0 Å². The van der Waals surface area contributed by atoms with Gasteiger partial charge in [0.05, 0.1) is 23.2 Å². The van der Waals surface area contributed by atoms with Gasteiger partial charge < -0.3 is 14.0 Å². The third-order valence-electron chi connectivity index (χ3n) is 5.97. The first-order valence-corrected chi connectivity index (χ1v) is 11.6. The van der Waals surface area contributed by atoms with E-state index in [1.54, 1.807) is 19.4 Å². The van der Waals surface area contributed by atoms with Crippen molar-refractivity contribution in [2.75, 3.05) is 6.61 Å². The zero-order valence-electron chi connectivity index (χ0n) is 19.6. The fourth-order valence-corrected chi connectivity index (χ4v) is 4.34. The van der Waals surface area contributed by atoms with Crippen LogP contribution in [-0.4, -0.2) is 26.7 Å². The lowest BCUT2D eigenvalue weighted by Gasteiger charge is -2.17. The molecule has 0 aliphatic rings. The molecule has 7 nitrogen and oxygen atoms in total. The first-order valence-electron chi connectivity index (χ1n) is 11.6. The molecule has 35 heavy (non-hydrogen) atoms. The Kier molecular flexibility index (Phi) is 6.06. The van der Waals surface area contributed by atoms with E-state index in [0.29, 0.717) is 23.2 Å². The molecule has 0 aliphatic heterocycles. The van der Waals surface area contributed by atoms with Gasteiger partial charge in [-0.15, -0.1) is 0 Å². The Hall–Kier alpha value is -4.39. The predicted octanol–water partition coefficient (Wildman–Crippen LogP) is 5.12. The fraction of sp³-hybridized carbons (Fsp3) is 0.179. The number of ether oxygens (including phenoxy) is 2. The standard InChI is InChI=1S/C28H25N3O4/c1-3-30-16-22(28(33)34-4-2)27(32)21-15-24-25(29-18-31(24)19-11-7-5-8-12-19)23(26(21)30)17-35-20-13-9-6-10-14-20/h5-16,18H,3-4,17H2,1-2H3. The average molecular weight is 468 g/mol. The second-order valence-electron chi connectivity index (χ2n) is 8.05. The van der Waals surface area contributed by atoms with Gasteiger partial charge in [-0.1, -0.05) is 36.4 Å². The van der Waals surface area contributed by atoms with Crippen LogP contribution >= 0.6 is 0 Å². The Labute approximate surface area is 202 Å². The lowest BCUT2D eigenvalue weighted by molar-refractivity contribution is 0.0524. The molecule has 0 saturated carbocycles. The smallest absolute Gasteiger partial charge is 0.343 e. The van der Waals surface area contributed by atoms with E-state index in [1.165, 1.54) is 0 Å². The van der Waals surface area contributed by atoms with E-state index in [1.807, 2.05) is 82.8 Å². The second-order valence-corrected chi connectivity index (χ2v) is 8.05. The Morgan fingerprint density at radius 1 is 1.00 bits per heavy atom. The first-order chi connectivity index (χ1) is 17.1. The number of nitrogens with zero attached hydrogens (tertiary/aromatic N) is 3. The lowest BCUT2D eigenvalue weighted by atomic mass is 10.0. The van der Waals surface area contributed by atoms with Gasteiger partial charge in [0.1, 0.15) is 24.2 Å². The van der Waals surface area contributed by atoms with Crippen LogP contribution in [0.1, 0.15) is 29.8 Å². The molecule has 0 aliphatic carbocycles. The van der Waals surface area contributed by atoms with E-state index in [9.17, 15) is 9.59 Å². The highest BCUT2D eigenvalue weighted by Gasteiger charge is 2.22. The number of carbonyl (C=O) groups is 1. The largest absolute Gasteiger partial charge is 0.489 e. The normalized spacial score (nSPS) is 11.1. The topological polar surface area (TPSA) is 75.3 Å². The summed E-state index contributed by atoms with van der Waals surface area (Å²) in [5, 5.41) is 0.425. The molecule has 5 rings (SSSR count). The van der Waals surface area contributed by atoms with Crippen LogP contribution in [0.25, 0.3) is 27.6 Å². The summed E-state index contributed by atoms with van der Waals surface area (Å²) >= 11 is 0. The van der Waals surface area contributed by atoms with Crippen molar-refractivity contribution in [3.05, 3.63) is 101 Å². The third-order valence-corrected chi connectivity index (χ3v) is 5.97. The highest BCUT2D eigenvalue weighted by molar-refractivity contribution is 6.01. The summed E-state index contributed by atoms with van der Waals surface area (Å²) in [5.41, 5.74) is 3.55. The maximum absolute atomic E-state index is 13.6. The summed E-state index contributed by atoms with van der Waals surface area (Å²) in [6.07, 6.45) is 3.33. The second kappa shape index (κ2) is 9.46. The van der Waals surface area contributed by atoms with Crippen LogP contribution in [0.2, 0.25) is 0 Å². The van der Waals surface area contributed by atoms with Gasteiger partial charge in [0.15, 0.2) is 0 Å². The fourth-order valence-electron chi connectivity index (χ4n) is 4.34. The Morgan fingerprint density at radius 2 is 1.71 bits per heavy atom. The number of fused-ring (bicyclic) bond motifs is 2. The summed E-state index contributed by atoms with van der Waals surface area (Å²) in [7, 11) is 0. The maximum Gasteiger partial charge on any atom is 0.343 e. The minimum atomic E-state index is -0.625. The number of hydrogen-bond donors (Lipinski definition) is 0. The number of hydrogen-bond acceptors (Lipinski definition) is 5. The quantitative estimate of drug-likeness (QED) is 0.311. The highest BCUT2D eigenvalue weighted by Crippen LogP contribution is 2.30. The number of aryl methyl sites for hydroxylation is 1. The highest BCUT2D eigenvalue weighted by atomic mass is 16.5. The lowest BCUT2D eigenvalue weighted by Crippen LogP contribution is -2.22. The van der Waals surface area contributed by atoms with E-state index in [2.05, 4.69) is 0 Å². The molecule has 0 unspecified atom stereocenters. The van der Waals surface area contributed by atoms with E-state index < -0.39 is 5.97 Å². The van der Waals surface area contributed by atoms with Gasteiger partial charge in [-0.3, -0.25) is 9.36 Å². The molecule has 0 radical (unpaired) electrons. The van der Waals surface area contributed by atoms with Crippen LogP contribution < -0.4 is 10.2 Å². The van der Waals surface area contributed by atoms with Crippen molar-refractivity contribution in [2.45, 2.75) is 27.0 Å². The summed E-state index contributed by atoms with van der Waals surface area (Å²) in [4.78, 5) is 30.9. The molecule has 0 fully saturated rings. The molecule has 7 heteroatoms. The number of rotatable bonds is 7. The predicted molar refractivity (Wildman–Crippen MR) is 135 cm³/mol. The van der Waals surface area contributed by atoms with Crippen LogP contribution in [0.5, 0.6) is 5.75 Å². The number of para-hydroxylation sites is 2. The molecule has 0 amide bonds. The van der Waals surface area contributed by atoms with Crippen molar-refractivity contribution in [2.24, 2.45) is 0 Å². The van der Waals surface area contributed by atoms with E-state index in [-0.39, 0.29) is 24.2 Å². The maximum atomic E-state index is 13.6. The minimum Gasteiger partial charge on any atom is -0.489 e. The summed E-state index contributed by atoms with van der Waals surface area (Å²) in [6.45, 7) is 4.64. The monoisotopic (exact) mass is 467 g/mol. The van der Waals surface area contributed by atoms with Crippen LogP contribution in [0.15, 0.2) is 84.0 Å². The number of carbonyl (C=O) groups excluding carboxylic acids is 1. The third kappa shape index (κ3) is 4.05. The van der Waals surface area contributed by atoms with Gasteiger partial charge in [-0.2, -0.15) is 0 Å². The molecule has 0 saturated heterocycles.